The summed E-state index contributed by atoms with van der Waals surface area (Å²) in [6.45, 7) is 4.91. The first-order chi connectivity index (χ1) is 38.5. The van der Waals surface area contributed by atoms with Gasteiger partial charge >= 0.3 is 5.97 Å². The quantitative estimate of drug-likeness (QED) is 0.0320. The van der Waals surface area contributed by atoms with Crippen molar-refractivity contribution in [3.63, 3.8) is 0 Å². The molecule has 6 heteroatoms. The lowest BCUT2D eigenvalue weighted by Gasteiger charge is -2.20. The van der Waals surface area contributed by atoms with Crippen LogP contribution in [-0.2, 0) is 14.3 Å². The van der Waals surface area contributed by atoms with E-state index in [4.69, 9.17) is 4.74 Å². The number of hydrogen-bond acceptors (Lipinski definition) is 5. The SMILES string of the molecule is CCCCCC/C=C\C/C=C\CCCCCCCC(=O)OCCCCCCCCCCCCCCCCCCCCCCCCC(=O)NC(CO)C(O)/C=C/CCCCCCCCCCCCCCCCCCCCCCC. The highest BCUT2D eigenvalue weighted by Crippen LogP contribution is 2.19. The van der Waals surface area contributed by atoms with Crippen molar-refractivity contribution in [2.75, 3.05) is 13.2 Å². The summed E-state index contributed by atoms with van der Waals surface area (Å²) in [6, 6.07) is -0.630. The van der Waals surface area contributed by atoms with Crippen molar-refractivity contribution in [2.45, 2.75) is 398 Å². The third-order valence-corrected chi connectivity index (χ3v) is 16.4. The average molecular weight is 1100 g/mol. The minimum absolute atomic E-state index is 0.000156. The second-order valence-electron chi connectivity index (χ2n) is 24.2. The van der Waals surface area contributed by atoms with Crippen LogP contribution in [0.2, 0.25) is 0 Å². The minimum Gasteiger partial charge on any atom is -0.466 e. The van der Waals surface area contributed by atoms with Crippen LogP contribution < -0.4 is 5.32 Å². The molecule has 0 spiro atoms. The zero-order chi connectivity index (χ0) is 56.4. The molecular weight excluding hydrogens is 959 g/mol. The highest BCUT2D eigenvalue weighted by Gasteiger charge is 2.18. The van der Waals surface area contributed by atoms with Gasteiger partial charge in [-0.1, -0.05) is 346 Å². The van der Waals surface area contributed by atoms with Crippen LogP contribution in [0.5, 0.6) is 0 Å². The maximum Gasteiger partial charge on any atom is 0.305 e. The summed E-state index contributed by atoms with van der Waals surface area (Å²) >= 11 is 0. The lowest BCUT2D eigenvalue weighted by Crippen LogP contribution is -2.45. The summed E-state index contributed by atoms with van der Waals surface area (Å²) in [5.74, 6) is -0.0647. The van der Waals surface area contributed by atoms with E-state index in [9.17, 15) is 19.8 Å². The molecule has 0 rings (SSSR count). The predicted octanol–water partition coefficient (Wildman–Crippen LogP) is 22.7. The molecule has 78 heavy (non-hydrogen) atoms. The van der Waals surface area contributed by atoms with E-state index >= 15 is 0 Å². The van der Waals surface area contributed by atoms with Crippen LogP contribution in [0, 0.1) is 0 Å². The van der Waals surface area contributed by atoms with Gasteiger partial charge in [0, 0.05) is 12.8 Å². The zero-order valence-corrected chi connectivity index (χ0v) is 52.7. The van der Waals surface area contributed by atoms with Crippen molar-refractivity contribution >= 4 is 11.9 Å². The number of rotatable bonds is 66. The van der Waals surface area contributed by atoms with Gasteiger partial charge in [-0.15, -0.1) is 0 Å². The molecule has 0 aromatic heterocycles. The van der Waals surface area contributed by atoms with Crippen LogP contribution in [0.3, 0.4) is 0 Å². The first-order valence-electron chi connectivity index (χ1n) is 35.3. The number of nitrogens with one attached hydrogen (secondary N) is 1. The predicted molar refractivity (Wildman–Crippen MR) is 343 cm³/mol. The molecule has 0 saturated heterocycles. The van der Waals surface area contributed by atoms with Gasteiger partial charge in [-0.3, -0.25) is 9.59 Å². The Kier molecular flexibility index (Phi) is 65.9. The topological polar surface area (TPSA) is 95.9 Å². The number of unbranched alkanes of at least 4 members (excludes halogenated alkanes) is 51. The van der Waals surface area contributed by atoms with Crippen LogP contribution in [0.1, 0.15) is 386 Å². The van der Waals surface area contributed by atoms with Crippen molar-refractivity contribution in [1.29, 1.82) is 0 Å². The Hall–Kier alpha value is -1.92. The van der Waals surface area contributed by atoms with E-state index in [2.05, 4.69) is 43.5 Å². The van der Waals surface area contributed by atoms with Crippen molar-refractivity contribution in [3.05, 3.63) is 36.5 Å². The molecule has 6 nitrogen and oxygen atoms in total. The van der Waals surface area contributed by atoms with Gasteiger partial charge < -0.3 is 20.3 Å². The first kappa shape index (κ1) is 76.1. The number of carbonyl (C=O) groups is 2. The number of amides is 1. The van der Waals surface area contributed by atoms with E-state index in [-0.39, 0.29) is 18.5 Å². The molecule has 0 aliphatic heterocycles. The molecule has 0 aromatic carbocycles. The second kappa shape index (κ2) is 67.6. The Morgan fingerprint density at radius 1 is 0.359 bits per heavy atom. The molecule has 0 aliphatic carbocycles. The minimum atomic E-state index is -0.847. The van der Waals surface area contributed by atoms with Crippen LogP contribution in [-0.4, -0.2) is 47.4 Å². The Balaban J connectivity index is 3.41. The number of aliphatic hydroxyl groups excluding tert-OH is 2. The average Bonchev–Trinajstić information content (AvgIpc) is 3.44. The highest BCUT2D eigenvalue weighted by atomic mass is 16.5. The Morgan fingerprint density at radius 2 is 0.641 bits per heavy atom. The summed E-state index contributed by atoms with van der Waals surface area (Å²) in [7, 11) is 0. The van der Waals surface area contributed by atoms with Gasteiger partial charge in [0.1, 0.15) is 0 Å². The maximum atomic E-state index is 12.5. The van der Waals surface area contributed by atoms with Gasteiger partial charge in [0.05, 0.1) is 25.4 Å². The van der Waals surface area contributed by atoms with Gasteiger partial charge in [-0.2, -0.15) is 0 Å². The van der Waals surface area contributed by atoms with E-state index in [1.165, 1.54) is 308 Å². The Bertz CT molecular complexity index is 1260. The first-order valence-corrected chi connectivity index (χ1v) is 35.3. The summed E-state index contributed by atoms with van der Waals surface area (Å²) in [4.78, 5) is 24.6. The summed E-state index contributed by atoms with van der Waals surface area (Å²) in [5.41, 5.74) is 0. The van der Waals surface area contributed by atoms with E-state index in [0.29, 0.717) is 19.4 Å². The monoisotopic (exact) mass is 1100 g/mol. The fourth-order valence-electron chi connectivity index (χ4n) is 11.0. The van der Waals surface area contributed by atoms with Crippen LogP contribution in [0.25, 0.3) is 0 Å². The molecule has 0 aliphatic rings. The maximum absolute atomic E-state index is 12.5. The van der Waals surface area contributed by atoms with Crippen molar-refractivity contribution in [3.8, 4) is 0 Å². The van der Waals surface area contributed by atoms with Gasteiger partial charge in [-0.05, 0) is 64.2 Å². The molecule has 0 saturated carbocycles. The van der Waals surface area contributed by atoms with Gasteiger partial charge in [0.15, 0.2) is 0 Å². The van der Waals surface area contributed by atoms with Gasteiger partial charge in [0.25, 0.3) is 0 Å². The van der Waals surface area contributed by atoms with E-state index in [0.717, 1.165) is 51.4 Å². The molecule has 0 fully saturated rings. The third kappa shape index (κ3) is 63.3. The number of ether oxygens (including phenoxy) is 1. The standard InChI is InChI=1S/C72H137NO5/c1-3-5-7-9-11-13-15-17-19-21-22-23-24-27-30-33-36-40-44-48-52-56-60-64-70(75)69(68-74)73-71(76)65-61-57-53-49-45-41-37-34-31-28-25-26-29-32-35-39-43-47-51-55-59-63-67-78-72(77)66-62-58-54-50-46-42-38-20-18-16-14-12-10-8-6-4-2/h14,16,20,38,60,64,69-70,74-75H,3-13,15,17-19,21-37,39-59,61-63,65-68H2,1-2H3,(H,73,76)/b16-14-,38-20-,64-60+. The zero-order valence-electron chi connectivity index (χ0n) is 52.7. The molecular formula is C72H137NO5. The molecule has 1 amide bonds. The van der Waals surface area contributed by atoms with Crippen LogP contribution in [0.15, 0.2) is 36.5 Å². The second-order valence-corrected chi connectivity index (χ2v) is 24.2. The molecule has 0 bridgehead atoms. The van der Waals surface area contributed by atoms with Gasteiger partial charge in [0.2, 0.25) is 5.91 Å². The fraction of sp³-hybridized carbons (Fsp3) is 0.889. The van der Waals surface area contributed by atoms with Crippen molar-refractivity contribution in [1.82, 2.24) is 5.32 Å². The summed E-state index contributed by atoms with van der Waals surface area (Å²) < 4.78 is 5.49. The summed E-state index contributed by atoms with van der Waals surface area (Å²) in [5, 5.41) is 23.3. The molecule has 3 N–H and O–H groups in total. The number of aliphatic hydroxyl groups is 2. The number of allylic oxidation sites excluding steroid dienone is 5. The van der Waals surface area contributed by atoms with E-state index in [1.807, 2.05) is 6.08 Å². The molecule has 0 heterocycles. The number of hydrogen-bond donors (Lipinski definition) is 3. The summed E-state index contributed by atoms with van der Waals surface area (Å²) in [6.07, 6.45) is 86.4. The normalized spacial score (nSPS) is 12.7. The van der Waals surface area contributed by atoms with Crippen molar-refractivity contribution < 1.29 is 24.5 Å². The molecule has 0 aromatic rings. The Morgan fingerprint density at radius 3 is 0.987 bits per heavy atom. The van der Waals surface area contributed by atoms with Gasteiger partial charge in [-0.25, -0.2) is 0 Å². The lowest BCUT2D eigenvalue weighted by atomic mass is 10.0. The van der Waals surface area contributed by atoms with Crippen molar-refractivity contribution in [2.24, 2.45) is 0 Å². The molecule has 2 atom stereocenters. The highest BCUT2D eigenvalue weighted by molar-refractivity contribution is 5.76. The largest absolute Gasteiger partial charge is 0.466 e. The number of carbonyl (C=O) groups excluding carboxylic acids is 2. The fourth-order valence-corrected chi connectivity index (χ4v) is 11.0. The smallest absolute Gasteiger partial charge is 0.305 e. The molecule has 0 radical (unpaired) electrons. The number of esters is 1. The molecule has 2 unspecified atom stereocenters. The lowest BCUT2D eigenvalue weighted by molar-refractivity contribution is -0.143. The van der Waals surface area contributed by atoms with Crippen LogP contribution in [0.4, 0.5) is 0 Å². The van der Waals surface area contributed by atoms with Crippen LogP contribution >= 0.6 is 0 Å². The Labute approximate surface area is 487 Å². The van der Waals surface area contributed by atoms with E-state index < -0.39 is 12.1 Å². The third-order valence-electron chi connectivity index (χ3n) is 16.4. The molecule has 460 valence electrons. The van der Waals surface area contributed by atoms with E-state index in [1.54, 1.807) is 6.08 Å².